The highest BCUT2D eigenvalue weighted by Gasteiger charge is 2.18. The van der Waals surface area contributed by atoms with Gasteiger partial charge in [-0.15, -0.1) is 5.10 Å². The lowest BCUT2D eigenvalue weighted by atomic mass is 10.1. The Labute approximate surface area is 160 Å². The van der Waals surface area contributed by atoms with Crippen molar-refractivity contribution in [2.24, 2.45) is 0 Å². The SMILES string of the molecule is O=C(CSc1ncnc2c1nnn2Cc1ccc(F)cc1)N1CCCCC1. The first-order valence-corrected chi connectivity index (χ1v) is 9.88. The molecule has 0 radical (unpaired) electrons. The van der Waals surface area contributed by atoms with Crippen molar-refractivity contribution in [3.63, 3.8) is 0 Å². The van der Waals surface area contributed by atoms with Gasteiger partial charge in [-0.25, -0.2) is 19.0 Å². The highest BCUT2D eigenvalue weighted by molar-refractivity contribution is 8.00. The number of piperidine rings is 1. The molecule has 1 saturated heterocycles. The summed E-state index contributed by atoms with van der Waals surface area (Å²) in [6.07, 6.45) is 4.80. The van der Waals surface area contributed by atoms with Crippen molar-refractivity contribution in [2.45, 2.75) is 30.8 Å². The summed E-state index contributed by atoms with van der Waals surface area (Å²) in [4.78, 5) is 22.8. The van der Waals surface area contributed by atoms with Gasteiger partial charge in [0.1, 0.15) is 17.2 Å². The number of thioether (sulfide) groups is 1. The van der Waals surface area contributed by atoms with Gasteiger partial charge in [-0.2, -0.15) is 0 Å². The maximum atomic E-state index is 13.1. The largest absolute Gasteiger partial charge is 0.342 e. The standard InChI is InChI=1S/C18H19FN6OS/c19-14-6-4-13(5-7-14)10-25-17-16(22-23-25)18(21-12-20-17)27-11-15(26)24-8-2-1-3-9-24/h4-7,12H,1-3,8-11H2. The van der Waals surface area contributed by atoms with E-state index in [0.717, 1.165) is 31.5 Å². The van der Waals surface area contributed by atoms with Crippen molar-refractivity contribution < 1.29 is 9.18 Å². The van der Waals surface area contributed by atoms with Crippen LogP contribution in [0.15, 0.2) is 35.6 Å². The van der Waals surface area contributed by atoms with Gasteiger partial charge in [0.05, 0.1) is 12.3 Å². The molecule has 7 nitrogen and oxygen atoms in total. The summed E-state index contributed by atoms with van der Waals surface area (Å²) in [5.41, 5.74) is 2.08. The molecule has 2 aromatic heterocycles. The van der Waals surface area contributed by atoms with Crippen molar-refractivity contribution in [3.8, 4) is 0 Å². The first-order chi connectivity index (χ1) is 13.2. The van der Waals surface area contributed by atoms with Crippen LogP contribution in [0.5, 0.6) is 0 Å². The number of aromatic nitrogens is 5. The molecule has 140 valence electrons. The number of halogens is 1. The fourth-order valence-corrected chi connectivity index (χ4v) is 3.94. The number of likely N-dealkylation sites (tertiary alicyclic amines) is 1. The van der Waals surface area contributed by atoms with Gasteiger partial charge in [0, 0.05) is 13.1 Å². The van der Waals surface area contributed by atoms with Crippen LogP contribution in [0, 0.1) is 5.82 Å². The molecule has 0 N–H and O–H groups in total. The Balaban J connectivity index is 1.48. The maximum absolute atomic E-state index is 13.1. The highest BCUT2D eigenvalue weighted by Crippen LogP contribution is 2.23. The van der Waals surface area contributed by atoms with Gasteiger partial charge in [0.25, 0.3) is 0 Å². The van der Waals surface area contributed by atoms with Crippen molar-refractivity contribution in [2.75, 3.05) is 18.8 Å². The number of hydrogen-bond acceptors (Lipinski definition) is 6. The average molecular weight is 386 g/mol. The molecule has 1 aromatic carbocycles. The molecule has 4 rings (SSSR count). The summed E-state index contributed by atoms with van der Waals surface area (Å²) in [6, 6.07) is 6.24. The third-order valence-corrected chi connectivity index (χ3v) is 5.52. The van der Waals surface area contributed by atoms with Crippen molar-refractivity contribution in [1.29, 1.82) is 0 Å². The van der Waals surface area contributed by atoms with Crippen LogP contribution in [0.1, 0.15) is 24.8 Å². The van der Waals surface area contributed by atoms with E-state index in [1.807, 2.05) is 4.90 Å². The topological polar surface area (TPSA) is 76.8 Å². The molecule has 1 fully saturated rings. The third kappa shape index (κ3) is 4.08. The van der Waals surface area contributed by atoms with E-state index in [2.05, 4.69) is 20.3 Å². The second-order valence-electron chi connectivity index (χ2n) is 6.45. The van der Waals surface area contributed by atoms with E-state index in [1.165, 1.54) is 36.6 Å². The number of carbonyl (C=O) groups is 1. The third-order valence-electron chi connectivity index (χ3n) is 4.55. The second kappa shape index (κ2) is 7.99. The zero-order valence-corrected chi connectivity index (χ0v) is 15.5. The van der Waals surface area contributed by atoms with Gasteiger partial charge in [-0.05, 0) is 37.0 Å². The van der Waals surface area contributed by atoms with Crippen LogP contribution in [0.2, 0.25) is 0 Å². The molecule has 1 amide bonds. The zero-order valence-electron chi connectivity index (χ0n) is 14.7. The van der Waals surface area contributed by atoms with Crippen LogP contribution < -0.4 is 0 Å². The molecule has 9 heteroatoms. The molecule has 1 aliphatic rings. The predicted octanol–water partition coefficient (Wildman–Crippen LogP) is 2.51. The summed E-state index contributed by atoms with van der Waals surface area (Å²) in [5, 5.41) is 8.99. The molecular formula is C18H19FN6OS. The molecular weight excluding hydrogens is 367 g/mol. The van der Waals surface area contributed by atoms with Crippen LogP contribution in [0.25, 0.3) is 11.2 Å². The van der Waals surface area contributed by atoms with Gasteiger partial charge in [0.2, 0.25) is 5.91 Å². The van der Waals surface area contributed by atoms with E-state index in [0.29, 0.717) is 28.5 Å². The predicted molar refractivity (Wildman–Crippen MR) is 99.8 cm³/mol. The van der Waals surface area contributed by atoms with Crippen molar-refractivity contribution >= 4 is 28.8 Å². The maximum Gasteiger partial charge on any atom is 0.232 e. The Bertz CT molecular complexity index is 939. The highest BCUT2D eigenvalue weighted by atomic mass is 32.2. The molecule has 0 spiro atoms. The minimum atomic E-state index is -0.276. The van der Waals surface area contributed by atoms with E-state index in [4.69, 9.17) is 0 Å². The average Bonchev–Trinajstić information content (AvgIpc) is 3.12. The van der Waals surface area contributed by atoms with Crippen LogP contribution in [0.3, 0.4) is 0 Å². The van der Waals surface area contributed by atoms with Crippen LogP contribution >= 0.6 is 11.8 Å². The van der Waals surface area contributed by atoms with E-state index < -0.39 is 0 Å². The van der Waals surface area contributed by atoms with E-state index in [9.17, 15) is 9.18 Å². The Morgan fingerprint density at radius 3 is 2.67 bits per heavy atom. The van der Waals surface area contributed by atoms with Gasteiger partial charge >= 0.3 is 0 Å². The monoisotopic (exact) mass is 386 g/mol. The molecule has 27 heavy (non-hydrogen) atoms. The smallest absolute Gasteiger partial charge is 0.232 e. The molecule has 3 aromatic rings. The Morgan fingerprint density at radius 2 is 1.89 bits per heavy atom. The second-order valence-corrected chi connectivity index (χ2v) is 7.42. The number of amides is 1. The number of benzene rings is 1. The minimum Gasteiger partial charge on any atom is -0.342 e. The fraction of sp³-hybridized carbons (Fsp3) is 0.389. The van der Waals surface area contributed by atoms with Gasteiger partial charge < -0.3 is 4.90 Å². The lowest BCUT2D eigenvalue weighted by Gasteiger charge is -2.26. The summed E-state index contributed by atoms with van der Waals surface area (Å²) in [5.74, 6) is 0.184. The van der Waals surface area contributed by atoms with Gasteiger partial charge in [-0.1, -0.05) is 29.1 Å². The fourth-order valence-electron chi connectivity index (χ4n) is 3.11. The normalized spacial score (nSPS) is 14.6. The van der Waals surface area contributed by atoms with Crippen molar-refractivity contribution in [3.05, 3.63) is 42.0 Å². The van der Waals surface area contributed by atoms with Gasteiger partial charge in [0.15, 0.2) is 11.2 Å². The molecule has 0 saturated carbocycles. The molecule has 1 aliphatic heterocycles. The summed E-state index contributed by atoms with van der Waals surface area (Å²) in [7, 11) is 0. The number of nitrogens with zero attached hydrogens (tertiary/aromatic N) is 6. The number of hydrogen-bond donors (Lipinski definition) is 0. The van der Waals surface area contributed by atoms with E-state index in [1.54, 1.807) is 16.8 Å². The Kier molecular flexibility index (Phi) is 5.28. The van der Waals surface area contributed by atoms with E-state index >= 15 is 0 Å². The molecule has 0 aliphatic carbocycles. The van der Waals surface area contributed by atoms with Crippen LogP contribution in [-0.4, -0.2) is 54.6 Å². The van der Waals surface area contributed by atoms with Crippen LogP contribution in [-0.2, 0) is 11.3 Å². The van der Waals surface area contributed by atoms with E-state index in [-0.39, 0.29) is 11.7 Å². The minimum absolute atomic E-state index is 0.130. The number of fused-ring (bicyclic) bond motifs is 1. The molecule has 0 atom stereocenters. The van der Waals surface area contributed by atoms with Crippen LogP contribution in [0.4, 0.5) is 4.39 Å². The summed E-state index contributed by atoms with van der Waals surface area (Å²) in [6.45, 7) is 2.11. The Hall–Kier alpha value is -2.55. The Morgan fingerprint density at radius 1 is 1.11 bits per heavy atom. The number of rotatable bonds is 5. The summed E-state index contributed by atoms with van der Waals surface area (Å²) >= 11 is 1.37. The summed E-state index contributed by atoms with van der Waals surface area (Å²) < 4.78 is 14.7. The molecule has 0 bridgehead atoms. The lowest BCUT2D eigenvalue weighted by Crippen LogP contribution is -2.36. The number of carbonyl (C=O) groups excluding carboxylic acids is 1. The lowest BCUT2D eigenvalue weighted by molar-refractivity contribution is -0.129. The first-order valence-electron chi connectivity index (χ1n) is 8.90. The zero-order chi connectivity index (χ0) is 18.6. The van der Waals surface area contributed by atoms with Crippen molar-refractivity contribution in [1.82, 2.24) is 29.9 Å². The molecule has 3 heterocycles. The first kappa shape index (κ1) is 17.8. The molecule has 0 unspecified atom stereocenters. The quantitative estimate of drug-likeness (QED) is 0.495. The van der Waals surface area contributed by atoms with Gasteiger partial charge in [-0.3, -0.25) is 4.79 Å².